The summed E-state index contributed by atoms with van der Waals surface area (Å²) in [7, 11) is -3.72. The molecule has 2 heterocycles. The van der Waals surface area contributed by atoms with E-state index >= 15 is 0 Å². The Labute approximate surface area is 191 Å². The minimum atomic E-state index is -3.72. The van der Waals surface area contributed by atoms with Crippen molar-refractivity contribution in [3.8, 4) is 6.07 Å². The molecule has 2 aromatic rings. The highest BCUT2D eigenvalue weighted by Gasteiger charge is 2.29. The Bertz CT molecular complexity index is 1130. The van der Waals surface area contributed by atoms with Gasteiger partial charge in [-0.3, -0.25) is 5.32 Å². The number of halogens is 1. The van der Waals surface area contributed by atoms with Crippen LogP contribution in [-0.4, -0.2) is 60.6 Å². The van der Waals surface area contributed by atoms with Gasteiger partial charge in [-0.15, -0.1) is 0 Å². The summed E-state index contributed by atoms with van der Waals surface area (Å²) in [6, 6.07) is 9.19. The van der Waals surface area contributed by atoms with Gasteiger partial charge in [-0.05, 0) is 45.0 Å². The molecule has 1 aliphatic heterocycles. The number of nitrogens with zero attached hydrogens (tertiary/aromatic N) is 5. The fourth-order valence-corrected chi connectivity index (χ4v) is 4.61. The number of carbonyl (C=O) groups excluding carboxylic acids is 1. The minimum Gasteiger partial charge on any atom is -0.444 e. The van der Waals surface area contributed by atoms with Crippen LogP contribution >= 0.6 is 11.6 Å². The average molecular weight is 479 g/mol. The molecule has 1 saturated heterocycles. The van der Waals surface area contributed by atoms with Gasteiger partial charge in [0.25, 0.3) is 0 Å². The highest BCUT2D eigenvalue weighted by atomic mass is 35.5. The average Bonchev–Trinajstić information content (AvgIpc) is 2.72. The number of amides is 1. The number of sulfonamides is 1. The van der Waals surface area contributed by atoms with Crippen LogP contribution in [0.5, 0.6) is 0 Å². The Hall–Kier alpha value is -2.94. The van der Waals surface area contributed by atoms with Crippen LogP contribution in [0.3, 0.4) is 0 Å². The molecular weight excluding hydrogens is 456 g/mol. The van der Waals surface area contributed by atoms with Crippen molar-refractivity contribution in [1.82, 2.24) is 14.3 Å². The predicted octanol–water partition coefficient (Wildman–Crippen LogP) is 2.86. The molecule has 0 unspecified atom stereocenters. The Morgan fingerprint density at radius 2 is 1.78 bits per heavy atom. The van der Waals surface area contributed by atoms with E-state index in [1.54, 1.807) is 25.7 Å². The molecule has 0 saturated carbocycles. The number of nitriles is 1. The van der Waals surface area contributed by atoms with E-state index < -0.39 is 21.7 Å². The second-order valence-electron chi connectivity index (χ2n) is 8.03. The fourth-order valence-electron chi connectivity index (χ4n) is 3.01. The maximum absolute atomic E-state index is 13.0. The van der Waals surface area contributed by atoms with Gasteiger partial charge < -0.3 is 9.64 Å². The summed E-state index contributed by atoms with van der Waals surface area (Å²) in [5, 5.41) is 11.8. The first kappa shape index (κ1) is 23.7. The molecule has 1 fully saturated rings. The van der Waals surface area contributed by atoms with E-state index in [0.717, 1.165) is 0 Å². The van der Waals surface area contributed by atoms with Gasteiger partial charge in [0.05, 0.1) is 4.90 Å². The highest BCUT2D eigenvalue weighted by molar-refractivity contribution is 7.89. The summed E-state index contributed by atoms with van der Waals surface area (Å²) >= 11 is 5.94. The van der Waals surface area contributed by atoms with Crippen molar-refractivity contribution in [2.45, 2.75) is 31.3 Å². The first-order chi connectivity index (χ1) is 15.0. The van der Waals surface area contributed by atoms with Crippen LogP contribution in [-0.2, 0) is 14.8 Å². The third kappa shape index (κ3) is 5.85. The number of rotatable bonds is 4. The predicted molar refractivity (Wildman–Crippen MR) is 119 cm³/mol. The summed E-state index contributed by atoms with van der Waals surface area (Å²) in [6.45, 7) is 6.40. The molecule has 32 heavy (non-hydrogen) atoms. The molecule has 1 amide bonds. The quantitative estimate of drug-likeness (QED) is 0.664. The first-order valence-corrected chi connectivity index (χ1v) is 11.6. The molecule has 0 atom stereocenters. The van der Waals surface area contributed by atoms with E-state index in [1.165, 1.54) is 34.6 Å². The molecule has 1 aliphatic rings. The number of benzene rings is 1. The fraction of sp³-hybridized carbons (Fsp3) is 0.400. The molecule has 170 valence electrons. The van der Waals surface area contributed by atoms with Gasteiger partial charge in [-0.1, -0.05) is 11.6 Å². The summed E-state index contributed by atoms with van der Waals surface area (Å²) in [5.74, 6) is 0.295. The van der Waals surface area contributed by atoms with Crippen molar-refractivity contribution < 1.29 is 17.9 Å². The van der Waals surface area contributed by atoms with Gasteiger partial charge in [0.1, 0.15) is 22.5 Å². The molecule has 12 heteroatoms. The van der Waals surface area contributed by atoms with Crippen LogP contribution in [0.4, 0.5) is 16.4 Å². The van der Waals surface area contributed by atoms with Crippen molar-refractivity contribution in [1.29, 1.82) is 5.26 Å². The number of carbonyl (C=O) groups is 1. The SMILES string of the molecule is CC(C)(C)OC(=O)Nc1ccc(S(=O)(=O)N2CCN(c3nc(Cl)cc(C#N)n3)CC2)cc1. The van der Waals surface area contributed by atoms with Gasteiger partial charge in [-0.25, -0.2) is 23.2 Å². The van der Waals surface area contributed by atoms with Crippen LogP contribution in [0.25, 0.3) is 0 Å². The third-order valence-corrected chi connectivity index (χ3v) is 6.56. The molecule has 0 spiro atoms. The molecule has 1 aromatic heterocycles. The molecule has 0 radical (unpaired) electrons. The summed E-state index contributed by atoms with van der Waals surface area (Å²) < 4.78 is 32.6. The maximum atomic E-state index is 13.0. The molecule has 3 rings (SSSR count). The number of aromatic nitrogens is 2. The van der Waals surface area contributed by atoms with E-state index in [1.807, 2.05) is 6.07 Å². The number of anilines is 2. The molecule has 0 aliphatic carbocycles. The number of piperazine rings is 1. The minimum absolute atomic E-state index is 0.117. The Morgan fingerprint density at radius 3 is 2.34 bits per heavy atom. The first-order valence-electron chi connectivity index (χ1n) is 9.78. The van der Waals surface area contributed by atoms with Crippen LogP contribution < -0.4 is 10.2 Å². The van der Waals surface area contributed by atoms with Crippen molar-refractivity contribution in [3.05, 3.63) is 41.2 Å². The lowest BCUT2D eigenvalue weighted by Crippen LogP contribution is -2.49. The lowest BCUT2D eigenvalue weighted by atomic mass is 10.2. The molecular formula is C20H23ClN6O4S. The van der Waals surface area contributed by atoms with Crippen molar-refractivity contribution >= 4 is 39.4 Å². The molecule has 1 aromatic carbocycles. The second-order valence-corrected chi connectivity index (χ2v) is 10.4. The van der Waals surface area contributed by atoms with E-state index in [4.69, 9.17) is 21.6 Å². The summed E-state index contributed by atoms with van der Waals surface area (Å²) in [4.78, 5) is 22.0. The van der Waals surface area contributed by atoms with Crippen LogP contribution in [0, 0.1) is 11.3 Å². The van der Waals surface area contributed by atoms with Gasteiger partial charge in [0.2, 0.25) is 16.0 Å². The van der Waals surface area contributed by atoms with Crippen molar-refractivity contribution in [2.24, 2.45) is 0 Å². The smallest absolute Gasteiger partial charge is 0.412 e. The number of hydrogen-bond donors (Lipinski definition) is 1. The largest absolute Gasteiger partial charge is 0.444 e. The van der Waals surface area contributed by atoms with Crippen LogP contribution in [0.2, 0.25) is 5.15 Å². The number of hydrogen-bond acceptors (Lipinski definition) is 8. The Kier molecular flexibility index (Phi) is 6.88. The monoisotopic (exact) mass is 478 g/mol. The summed E-state index contributed by atoms with van der Waals surface area (Å²) in [5.41, 5.74) is -0.0634. The lowest BCUT2D eigenvalue weighted by Gasteiger charge is -2.34. The highest BCUT2D eigenvalue weighted by Crippen LogP contribution is 2.22. The zero-order valence-electron chi connectivity index (χ0n) is 17.9. The van der Waals surface area contributed by atoms with Crippen molar-refractivity contribution in [2.75, 3.05) is 36.4 Å². The van der Waals surface area contributed by atoms with Crippen LogP contribution in [0.15, 0.2) is 35.2 Å². The third-order valence-electron chi connectivity index (χ3n) is 4.46. The topological polar surface area (TPSA) is 129 Å². The van der Waals surface area contributed by atoms with Gasteiger partial charge in [0, 0.05) is 37.9 Å². The zero-order chi connectivity index (χ0) is 23.5. The standard InChI is InChI=1S/C20H23ClN6O4S/c1-20(2,3)31-19(28)24-14-4-6-16(7-5-14)32(29,30)27-10-8-26(9-11-27)18-23-15(13-22)12-17(21)25-18/h4-7,12H,8-11H2,1-3H3,(H,24,28). The maximum Gasteiger partial charge on any atom is 0.412 e. The normalized spacial score (nSPS) is 15.2. The molecule has 0 bridgehead atoms. The van der Waals surface area contributed by atoms with Gasteiger partial charge >= 0.3 is 6.09 Å². The van der Waals surface area contributed by atoms with E-state index in [2.05, 4.69) is 15.3 Å². The second kappa shape index (κ2) is 9.28. The number of nitrogens with one attached hydrogen (secondary N) is 1. The van der Waals surface area contributed by atoms with Gasteiger partial charge in [-0.2, -0.15) is 9.57 Å². The summed E-state index contributed by atoms with van der Waals surface area (Å²) in [6.07, 6.45) is -0.619. The molecule has 10 nitrogen and oxygen atoms in total. The molecule has 1 N–H and O–H groups in total. The number of ether oxygens (including phenoxy) is 1. The van der Waals surface area contributed by atoms with Gasteiger partial charge in [0.15, 0.2) is 0 Å². The van der Waals surface area contributed by atoms with E-state index in [9.17, 15) is 13.2 Å². The zero-order valence-corrected chi connectivity index (χ0v) is 19.4. The Morgan fingerprint density at radius 1 is 1.16 bits per heavy atom. The van der Waals surface area contributed by atoms with Crippen LogP contribution in [0.1, 0.15) is 26.5 Å². The van der Waals surface area contributed by atoms with E-state index in [-0.39, 0.29) is 28.8 Å². The Balaban J connectivity index is 1.65. The van der Waals surface area contributed by atoms with E-state index in [0.29, 0.717) is 24.7 Å². The van der Waals surface area contributed by atoms with Crippen molar-refractivity contribution in [3.63, 3.8) is 0 Å². The lowest BCUT2D eigenvalue weighted by molar-refractivity contribution is 0.0636.